The van der Waals surface area contributed by atoms with Crippen LogP contribution in [0.3, 0.4) is 0 Å². The van der Waals surface area contributed by atoms with Gasteiger partial charge in [-0.25, -0.2) is 0 Å². The number of rotatable bonds is 6. The molecule has 33 heavy (non-hydrogen) atoms. The van der Waals surface area contributed by atoms with Crippen LogP contribution in [0.15, 0.2) is 88.4 Å². The molecule has 0 atom stereocenters. The van der Waals surface area contributed by atoms with Gasteiger partial charge in [-0.05, 0) is 65.2 Å². The average molecular weight is 504 g/mol. The van der Waals surface area contributed by atoms with Gasteiger partial charge in [0.15, 0.2) is 5.78 Å². The molecule has 1 heterocycles. The average Bonchev–Trinajstić information content (AvgIpc) is 2.84. The fraction of sp³-hybridized carbons (Fsp3) is 0.179. The summed E-state index contributed by atoms with van der Waals surface area (Å²) in [7, 11) is 3.29. The van der Waals surface area contributed by atoms with Crippen LogP contribution in [0.1, 0.15) is 16.7 Å². The lowest BCUT2D eigenvalue weighted by Crippen LogP contribution is -2.37. The van der Waals surface area contributed by atoms with Crippen LogP contribution in [-0.2, 0) is 11.3 Å². The van der Waals surface area contributed by atoms with Gasteiger partial charge in [-0.3, -0.25) is 9.69 Å². The van der Waals surface area contributed by atoms with E-state index in [1.54, 1.807) is 14.2 Å². The zero-order valence-electron chi connectivity index (χ0n) is 18.8. The van der Waals surface area contributed by atoms with Gasteiger partial charge in [0, 0.05) is 35.3 Å². The summed E-state index contributed by atoms with van der Waals surface area (Å²) in [6.45, 7) is 1.96. The molecule has 3 aromatic carbocycles. The summed E-state index contributed by atoms with van der Waals surface area (Å²) in [6.07, 6.45) is 3.97. The molecular formula is C28H26BrNO3. The number of nitrogens with zero attached hydrogens (tertiary/aromatic N) is 1. The van der Waals surface area contributed by atoms with Crippen LogP contribution in [-0.4, -0.2) is 38.0 Å². The second-order valence-electron chi connectivity index (χ2n) is 7.99. The third-order valence-corrected chi connectivity index (χ3v) is 6.13. The quantitative estimate of drug-likeness (QED) is 0.385. The molecule has 0 amide bonds. The second kappa shape index (κ2) is 10.6. The van der Waals surface area contributed by atoms with Crippen molar-refractivity contribution >= 4 is 33.9 Å². The number of hydrogen-bond acceptors (Lipinski definition) is 4. The lowest BCUT2D eigenvalue weighted by atomic mass is 9.94. The van der Waals surface area contributed by atoms with Crippen molar-refractivity contribution in [1.29, 1.82) is 0 Å². The minimum absolute atomic E-state index is 0.0914. The van der Waals surface area contributed by atoms with E-state index in [1.807, 2.05) is 72.8 Å². The highest BCUT2D eigenvalue weighted by atomic mass is 79.9. The van der Waals surface area contributed by atoms with E-state index in [-0.39, 0.29) is 5.78 Å². The first kappa shape index (κ1) is 23.0. The number of piperidine rings is 1. The Balaban J connectivity index is 1.65. The largest absolute Gasteiger partial charge is 0.497 e. The molecular weight excluding hydrogens is 478 g/mol. The van der Waals surface area contributed by atoms with Gasteiger partial charge < -0.3 is 9.47 Å². The normalized spacial score (nSPS) is 16.9. The van der Waals surface area contributed by atoms with E-state index < -0.39 is 0 Å². The van der Waals surface area contributed by atoms with Crippen molar-refractivity contribution in [3.63, 3.8) is 0 Å². The van der Waals surface area contributed by atoms with Crippen molar-refractivity contribution in [2.75, 3.05) is 27.3 Å². The number of methoxy groups -OCH3 is 2. The zero-order valence-corrected chi connectivity index (χ0v) is 20.3. The number of likely N-dealkylation sites (tertiary alicyclic amines) is 1. The number of Topliss-reactive ketones (excluding diaryl/α,β-unsaturated/α-hetero) is 1. The lowest BCUT2D eigenvalue weighted by Gasteiger charge is -2.30. The smallest absolute Gasteiger partial charge is 0.187 e. The number of ether oxygens (including phenoxy) is 2. The van der Waals surface area contributed by atoms with E-state index in [9.17, 15) is 4.79 Å². The molecule has 0 spiro atoms. The van der Waals surface area contributed by atoms with E-state index in [1.165, 1.54) is 5.56 Å². The Labute approximate surface area is 203 Å². The maximum atomic E-state index is 13.4. The summed E-state index contributed by atoms with van der Waals surface area (Å²) < 4.78 is 11.6. The van der Waals surface area contributed by atoms with Gasteiger partial charge in [-0.15, -0.1) is 0 Å². The number of benzene rings is 3. The SMILES string of the molecule is COc1ccc(C=C2CN(Cc3ccc(Br)cc3)CC(=Cc3ccc(OC)cc3)C2=O)cc1. The summed E-state index contributed by atoms with van der Waals surface area (Å²) in [4.78, 5) is 15.7. The Morgan fingerprint density at radius 3 is 1.64 bits per heavy atom. The van der Waals surface area contributed by atoms with Crippen molar-refractivity contribution in [2.45, 2.75) is 6.54 Å². The first-order valence-corrected chi connectivity index (χ1v) is 11.5. The van der Waals surface area contributed by atoms with Crippen LogP contribution in [0.25, 0.3) is 12.2 Å². The summed E-state index contributed by atoms with van der Waals surface area (Å²) in [5.74, 6) is 1.68. The van der Waals surface area contributed by atoms with Crippen LogP contribution in [0, 0.1) is 0 Å². The molecule has 1 saturated heterocycles. The van der Waals surface area contributed by atoms with Gasteiger partial charge in [0.25, 0.3) is 0 Å². The van der Waals surface area contributed by atoms with E-state index in [0.717, 1.165) is 44.8 Å². The molecule has 0 saturated carbocycles. The fourth-order valence-electron chi connectivity index (χ4n) is 3.87. The van der Waals surface area contributed by atoms with Crippen LogP contribution < -0.4 is 9.47 Å². The molecule has 0 unspecified atom stereocenters. The molecule has 3 aromatic rings. The first-order valence-electron chi connectivity index (χ1n) is 10.7. The van der Waals surface area contributed by atoms with Gasteiger partial charge in [0.2, 0.25) is 0 Å². The minimum Gasteiger partial charge on any atom is -0.497 e. The Hall–Kier alpha value is -3.15. The fourth-order valence-corrected chi connectivity index (χ4v) is 4.14. The van der Waals surface area contributed by atoms with Gasteiger partial charge >= 0.3 is 0 Å². The third-order valence-electron chi connectivity index (χ3n) is 5.60. The molecule has 0 bridgehead atoms. The highest BCUT2D eigenvalue weighted by Crippen LogP contribution is 2.25. The molecule has 0 N–H and O–H groups in total. The Kier molecular flexibility index (Phi) is 7.43. The van der Waals surface area contributed by atoms with Crippen molar-refractivity contribution in [3.05, 3.63) is 105 Å². The summed E-state index contributed by atoms with van der Waals surface area (Å²) in [5.41, 5.74) is 4.73. The number of carbonyl (C=O) groups is 1. The molecule has 0 aromatic heterocycles. The lowest BCUT2D eigenvalue weighted by molar-refractivity contribution is -0.113. The molecule has 168 valence electrons. The van der Waals surface area contributed by atoms with E-state index in [0.29, 0.717) is 13.1 Å². The minimum atomic E-state index is 0.0914. The molecule has 0 aliphatic carbocycles. The van der Waals surface area contributed by atoms with Crippen molar-refractivity contribution < 1.29 is 14.3 Å². The van der Waals surface area contributed by atoms with E-state index in [4.69, 9.17) is 9.47 Å². The predicted molar refractivity (Wildman–Crippen MR) is 136 cm³/mol. The molecule has 4 rings (SSSR count). The molecule has 1 aliphatic heterocycles. The molecule has 0 radical (unpaired) electrons. The maximum Gasteiger partial charge on any atom is 0.187 e. The van der Waals surface area contributed by atoms with E-state index >= 15 is 0 Å². The molecule has 4 nitrogen and oxygen atoms in total. The maximum absolute atomic E-state index is 13.4. The Bertz CT molecular complexity index is 1090. The first-order chi connectivity index (χ1) is 16.0. The van der Waals surface area contributed by atoms with Crippen LogP contribution >= 0.6 is 15.9 Å². The van der Waals surface area contributed by atoms with Crippen molar-refractivity contribution in [1.82, 2.24) is 4.90 Å². The highest BCUT2D eigenvalue weighted by molar-refractivity contribution is 9.10. The standard InChI is InChI=1S/C28H26BrNO3/c1-32-26-11-5-20(6-12-26)15-23-18-30(17-22-3-9-25(29)10-4-22)19-24(28(23)31)16-21-7-13-27(33-2)14-8-21/h3-16H,17-19H2,1-2H3. The Morgan fingerprint density at radius 2 is 1.21 bits per heavy atom. The van der Waals surface area contributed by atoms with Crippen molar-refractivity contribution in [2.24, 2.45) is 0 Å². The summed E-state index contributed by atoms with van der Waals surface area (Å²) in [6, 6.07) is 23.8. The van der Waals surface area contributed by atoms with Crippen molar-refractivity contribution in [3.8, 4) is 11.5 Å². The van der Waals surface area contributed by atoms with E-state index in [2.05, 4.69) is 33.0 Å². The number of hydrogen-bond donors (Lipinski definition) is 0. The topological polar surface area (TPSA) is 38.8 Å². The third kappa shape index (κ3) is 6.01. The van der Waals surface area contributed by atoms with Gasteiger partial charge in [-0.1, -0.05) is 52.3 Å². The summed E-state index contributed by atoms with van der Waals surface area (Å²) >= 11 is 3.50. The van der Waals surface area contributed by atoms with Gasteiger partial charge in [0.1, 0.15) is 11.5 Å². The molecule has 1 aliphatic rings. The highest BCUT2D eigenvalue weighted by Gasteiger charge is 2.26. The molecule has 1 fully saturated rings. The second-order valence-corrected chi connectivity index (χ2v) is 8.90. The number of carbonyl (C=O) groups excluding carboxylic acids is 1. The Morgan fingerprint density at radius 1 is 0.758 bits per heavy atom. The number of halogens is 1. The van der Waals surface area contributed by atoms with Crippen LogP contribution in [0.5, 0.6) is 11.5 Å². The zero-order chi connectivity index (χ0) is 23.2. The monoisotopic (exact) mass is 503 g/mol. The molecule has 5 heteroatoms. The summed E-state index contributed by atoms with van der Waals surface area (Å²) in [5, 5.41) is 0. The van der Waals surface area contributed by atoms with Crippen LogP contribution in [0.4, 0.5) is 0 Å². The predicted octanol–water partition coefficient (Wildman–Crippen LogP) is 6.02. The number of ketones is 1. The van der Waals surface area contributed by atoms with Crippen LogP contribution in [0.2, 0.25) is 0 Å². The van der Waals surface area contributed by atoms with Gasteiger partial charge in [0.05, 0.1) is 14.2 Å². The van der Waals surface area contributed by atoms with Gasteiger partial charge in [-0.2, -0.15) is 0 Å².